The van der Waals surface area contributed by atoms with Crippen LogP contribution in [0.5, 0.6) is 0 Å². The molecule has 100 valence electrons. The van der Waals surface area contributed by atoms with Gasteiger partial charge in [0, 0.05) is 7.11 Å². The van der Waals surface area contributed by atoms with Crippen LogP contribution in [-0.2, 0) is 9.47 Å². The van der Waals surface area contributed by atoms with Crippen LogP contribution in [0.15, 0.2) is 11.0 Å². The molecule has 1 aliphatic heterocycles. The highest BCUT2D eigenvalue weighted by Gasteiger charge is 2.46. The van der Waals surface area contributed by atoms with Gasteiger partial charge in [-0.25, -0.2) is 4.98 Å². The van der Waals surface area contributed by atoms with Crippen molar-refractivity contribution in [1.29, 1.82) is 0 Å². The highest BCUT2D eigenvalue weighted by atomic mass is 19.1. The number of ether oxygens (including phenoxy) is 2. The van der Waals surface area contributed by atoms with Gasteiger partial charge in [0.2, 0.25) is 5.95 Å². The molecule has 4 atom stereocenters. The van der Waals surface area contributed by atoms with E-state index in [0.717, 1.165) is 6.20 Å². The van der Waals surface area contributed by atoms with E-state index in [4.69, 9.17) is 14.6 Å². The summed E-state index contributed by atoms with van der Waals surface area (Å²) in [6.07, 6.45) is -2.92. The first-order valence-corrected chi connectivity index (χ1v) is 5.30. The van der Waals surface area contributed by atoms with E-state index < -0.39 is 42.5 Å². The molecule has 1 aliphatic rings. The average molecular weight is 260 g/mol. The van der Waals surface area contributed by atoms with Gasteiger partial charge in [-0.05, 0) is 0 Å². The zero-order valence-electron chi connectivity index (χ0n) is 9.54. The lowest BCUT2D eigenvalue weighted by Crippen LogP contribution is -2.34. The third-order valence-electron chi connectivity index (χ3n) is 2.84. The van der Waals surface area contributed by atoms with Crippen LogP contribution in [-0.4, -0.2) is 52.2 Å². The number of nitrogens with zero attached hydrogens (tertiary/aromatic N) is 1. The van der Waals surface area contributed by atoms with E-state index in [-0.39, 0.29) is 5.69 Å². The highest BCUT2D eigenvalue weighted by molar-refractivity contribution is 5.10. The first kappa shape index (κ1) is 13.1. The number of methoxy groups -OCH3 is 1. The van der Waals surface area contributed by atoms with Crippen molar-refractivity contribution in [2.24, 2.45) is 0 Å². The van der Waals surface area contributed by atoms with Gasteiger partial charge in [-0.1, -0.05) is 0 Å². The number of aromatic nitrogens is 2. The highest BCUT2D eigenvalue weighted by Crippen LogP contribution is 2.34. The van der Waals surface area contributed by atoms with Crippen molar-refractivity contribution in [3.8, 4) is 0 Å². The van der Waals surface area contributed by atoms with Crippen molar-refractivity contribution < 1.29 is 24.1 Å². The average Bonchev–Trinajstić information content (AvgIpc) is 2.65. The number of nitrogens with one attached hydrogen (secondary N) is 1. The Balaban J connectivity index is 2.34. The van der Waals surface area contributed by atoms with Crippen molar-refractivity contribution in [3.63, 3.8) is 0 Å². The molecule has 1 unspecified atom stereocenters. The second kappa shape index (κ2) is 5.11. The Morgan fingerprint density at radius 3 is 2.94 bits per heavy atom. The van der Waals surface area contributed by atoms with Gasteiger partial charge in [-0.15, -0.1) is 0 Å². The molecule has 2 heterocycles. The minimum absolute atomic E-state index is 0.170. The Hall–Kier alpha value is -1.35. The number of hydrogen-bond donors (Lipinski definition) is 3. The molecule has 0 saturated carbocycles. The minimum Gasteiger partial charge on any atom is -0.394 e. The van der Waals surface area contributed by atoms with Gasteiger partial charge in [-0.2, -0.15) is 4.39 Å². The van der Waals surface area contributed by atoms with Crippen LogP contribution in [0, 0.1) is 5.95 Å². The summed E-state index contributed by atoms with van der Waals surface area (Å²) in [6, 6.07) is 0. The summed E-state index contributed by atoms with van der Waals surface area (Å²) in [5, 5.41) is 18.8. The fourth-order valence-corrected chi connectivity index (χ4v) is 1.96. The number of aliphatic hydroxyl groups is 2. The maximum absolute atomic E-state index is 13.6. The van der Waals surface area contributed by atoms with E-state index in [2.05, 4.69) is 4.98 Å². The monoisotopic (exact) mass is 260 g/mol. The van der Waals surface area contributed by atoms with Gasteiger partial charge in [0.15, 0.2) is 0 Å². The van der Waals surface area contributed by atoms with E-state index in [9.17, 15) is 14.3 Å². The largest absolute Gasteiger partial charge is 0.394 e. The Morgan fingerprint density at radius 1 is 1.67 bits per heavy atom. The van der Waals surface area contributed by atoms with Crippen LogP contribution in [0.3, 0.4) is 0 Å². The normalized spacial score (nSPS) is 31.8. The first-order valence-electron chi connectivity index (χ1n) is 5.30. The molecule has 1 aromatic heterocycles. The lowest BCUT2D eigenvalue weighted by Gasteiger charge is -2.18. The second-order valence-electron chi connectivity index (χ2n) is 3.92. The molecule has 1 aromatic rings. The molecule has 0 spiro atoms. The van der Waals surface area contributed by atoms with Crippen molar-refractivity contribution in [1.82, 2.24) is 9.97 Å². The molecular formula is C10H13FN2O5. The summed E-state index contributed by atoms with van der Waals surface area (Å²) in [4.78, 5) is 16.5. The van der Waals surface area contributed by atoms with E-state index in [1.165, 1.54) is 7.11 Å². The lowest BCUT2D eigenvalue weighted by atomic mass is 10.1. The Morgan fingerprint density at radius 2 is 2.39 bits per heavy atom. The third kappa shape index (κ3) is 2.15. The van der Waals surface area contributed by atoms with E-state index in [0.29, 0.717) is 0 Å². The first-order chi connectivity index (χ1) is 8.58. The fourth-order valence-electron chi connectivity index (χ4n) is 1.96. The summed E-state index contributed by atoms with van der Waals surface area (Å²) in [6.45, 7) is -0.428. The van der Waals surface area contributed by atoms with Crippen LogP contribution in [0.1, 0.15) is 11.8 Å². The number of H-pyrrole nitrogens is 1. The van der Waals surface area contributed by atoms with Gasteiger partial charge >= 0.3 is 0 Å². The molecule has 0 aliphatic carbocycles. The lowest BCUT2D eigenvalue weighted by molar-refractivity contribution is -0.0267. The molecule has 0 radical (unpaired) electrons. The number of rotatable bonds is 3. The standard InChI is InChI=1S/C10H13FN2O5/c1-17-9-7(16)4(3-14)18-8(9)6-10(11)13-5(15)2-12-6/h2,4,7-9,14,16H,3H2,1H3,(H,13,15)/t4-,7?,8+,9+/m1/s1. The van der Waals surface area contributed by atoms with Gasteiger partial charge in [0.05, 0.1) is 12.8 Å². The molecule has 1 saturated heterocycles. The minimum atomic E-state index is -1.10. The van der Waals surface area contributed by atoms with Crippen molar-refractivity contribution >= 4 is 0 Å². The van der Waals surface area contributed by atoms with Crippen LogP contribution in [0.4, 0.5) is 4.39 Å². The maximum Gasteiger partial charge on any atom is 0.268 e. The van der Waals surface area contributed by atoms with Gasteiger partial charge < -0.3 is 19.7 Å². The molecular weight excluding hydrogens is 247 g/mol. The molecule has 2 rings (SSSR count). The van der Waals surface area contributed by atoms with E-state index >= 15 is 0 Å². The smallest absolute Gasteiger partial charge is 0.268 e. The third-order valence-corrected chi connectivity index (χ3v) is 2.84. The topological polar surface area (TPSA) is 105 Å². The summed E-state index contributed by atoms with van der Waals surface area (Å²) in [7, 11) is 1.33. The Bertz CT molecular complexity index is 480. The Kier molecular flexibility index (Phi) is 3.71. The summed E-state index contributed by atoms with van der Waals surface area (Å²) in [5.41, 5.74) is -0.848. The SMILES string of the molecule is CO[C@H]1C(O)[C@@H](CO)O[C@H]1c1ncc(=O)[nH]c1F. The number of hydrogen-bond acceptors (Lipinski definition) is 6. The van der Waals surface area contributed by atoms with Crippen LogP contribution in [0.25, 0.3) is 0 Å². The molecule has 0 amide bonds. The summed E-state index contributed by atoms with van der Waals surface area (Å²) in [5.74, 6) is -0.944. The predicted molar refractivity (Wildman–Crippen MR) is 56.3 cm³/mol. The molecule has 0 aromatic carbocycles. The van der Waals surface area contributed by atoms with Crippen LogP contribution >= 0.6 is 0 Å². The zero-order chi connectivity index (χ0) is 13.3. The van der Waals surface area contributed by atoms with Gasteiger partial charge in [-0.3, -0.25) is 9.78 Å². The molecule has 8 heteroatoms. The van der Waals surface area contributed by atoms with Crippen LogP contribution < -0.4 is 5.56 Å². The molecule has 1 fully saturated rings. The Labute approximate surface area is 101 Å². The summed E-state index contributed by atoms with van der Waals surface area (Å²) < 4.78 is 23.9. The van der Waals surface area contributed by atoms with E-state index in [1.807, 2.05) is 4.98 Å². The zero-order valence-corrected chi connectivity index (χ0v) is 9.54. The second-order valence-corrected chi connectivity index (χ2v) is 3.92. The van der Waals surface area contributed by atoms with E-state index in [1.54, 1.807) is 0 Å². The maximum atomic E-state index is 13.6. The number of aliphatic hydroxyl groups excluding tert-OH is 2. The predicted octanol–water partition coefficient (Wildman–Crippen LogP) is -1.28. The summed E-state index contributed by atoms with van der Waals surface area (Å²) >= 11 is 0. The van der Waals surface area contributed by atoms with Gasteiger partial charge in [0.25, 0.3) is 5.56 Å². The quantitative estimate of drug-likeness (QED) is 0.625. The molecule has 0 bridgehead atoms. The number of halogens is 1. The van der Waals surface area contributed by atoms with Crippen molar-refractivity contribution in [2.45, 2.75) is 24.4 Å². The van der Waals surface area contributed by atoms with Crippen molar-refractivity contribution in [3.05, 3.63) is 28.2 Å². The van der Waals surface area contributed by atoms with Gasteiger partial charge in [0.1, 0.15) is 30.1 Å². The van der Waals surface area contributed by atoms with Crippen molar-refractivity contribution in [2.75, 3.05) is 13.7 Å². The molecule has 7 nitrogen and oxygen atoms in total. The van der Waals surface area contributed by atoms with Crippen LogP contribution in [0.2, 0.25) is 0 Å². The molecule has 18 heavy (non-hydrogen) atoms. The molecule has 3 N–H and O–H groups in total. The number of aromatic amines is 1. The fraction of sp³-hybridized carbons (Fsp3) is 0.600.